The number of likely N-dealkylation sites (tertiary alicyclic amines) is 1. The van der Waals surface area contributed by atoms with E-state index in [0.717, 1.165) is 64.1 Å². The van der Waals surface area contributed by atoms with Crippen LogP contribution in [0.1, 0.15) is 24.8 Å². The van der Waals surface area contributed by atoms with E-state index in [1.165, 1.54) is 18.6 Å². The van der Waals surface area contributed by atoms with E-state index in [1.54, 1.807) is 7.05 Å². The average molecular weight is 535 g/mol. The Bertz CT molecular complexity index is 719. The number of piperazine rings is 1. The van der Waals surface area contributed by atoms with Crippen LogP contribution >= 0.6 is 24.0 Å². The lowest BCUT2D eigenvalue weighted by molar-refractivity contribution is -0.133. The number of carbonyl (C=O) groups excluding carboxylic acids is 1. The van der Waals surface area contributed by atoms with Gasteiger partial charge in [0.25, 0.3) is 0 Å². The molecule has 6 nitrogen and oxygen atoms in total. The minimum absolute atomic E-state index is 0. The molecule has 2 heterocycles. The van der Waals surface area contributed by atoms with Crippen molar-refractivity contribution in [2.75, 3.05) is 59.4 Å². The number of guanidine groups is 1. The zero-order chi connectivity index (χ0) is 20.6. The molecule has 2 aliphatic rings. The predicted octanol–water partition coefficient (Wildman–Crippen LogP) is 2.33. The second kappa shape index (κ2) is 12.4. The molecule has 0 bridgehead atoms. The van der Waals surface area contributed by atoms with Crippen LogP contribution in [-0.4, -0.2) is 86.0 Å². The molecule has 0 aliphatic carbocycles. The molecule has 2 saturated heterocycles. The molecule has 1 N–H and O–H groups in total. The summed E-state index contributed by atoms with van der Waals surface area (Å²) in [5.41, 5.74) is 0.482. The van der Waals surface area contributed by atoms with Gasteiger partial charge in [0.2, 0.25) is 5.91 Å². The Kier molecular flexibility index (Phi) is 10.2. The molecule has 168 valence electrons. The summed E-state index contributed by atoms with van der Waals surface area (Å²) < 4.78 is 26.8. The Morgan fingerprint density at radius 2 is 1.73 bits per heavy atom. The van der Waals surface area contributed by atoms with Crippen LogP contribution in [-0.2, 0) is 11.2 Å². The molecule has 2 fully saturated rings. The summed E-state index contributed by atoms with van der Waals surface area (Å²) in [4.78, 5) is 23.1. The maximum absolute atomic E-state index is 13.7. The van der Waals surface area contributed by atoms with Crippen molar-refractivity contribution in [3.05, 3.63) is 35.4 Å². The fourth-order valence-electron chi connectivity index (χ4n) is 3.92. The molecule has 2 aliphatic heterocycles. The molecule has 0 spiro atoms. The SMILES string of the molecule is CN=C(NCCc1ccc(F)cc1F)N1CCN(CC(=O)N2CCCCC2)CC1.I. The van der Waals surface area contributed by atoms with Crippen LogP contribution < -0.4 is 5.32 Å². The highest BCUT2D eigenvalue weighted by atomic mass is 127. The number of hydrogen-bond donors (Lipinski definition) is 1. The molecule has 0 unspecified atom stereocenters. The largest absolute Gasteiger partial charge is 0.356 e. The molecular weight excluding hydrogens is 503 g/mol. The number of amides is 1. The zero-order valence-corrected chi connectivity index (χ0v) is 19.9. The summed E-state index contributed by atoms with van der Waals surface area (Å²) >= 11 is 0. The number of halogens is 3. The van der Waals surface area contributed by atoms with Gasteiger partial charge in [0.15, 0.2) is 5.96 Å². The lowest BCUT2D eigenvalue weighted by Crippen LogP contribution is -2.54. The average Bonchev–Trinajstić information content (AvgIpc) is 2.74. The predicted molar refractivity (Wildman–Crippen MR) is 125 cm³/mol. The van der Waals surface area contributed by atoms with Crippen LogP contribution in [0.15, 0.2) is 23.2 Å². The van der Waals surface area contributed by atoms with Gasteiger partial charge in [0.05, 0.1) is 6.54 Å². The third kappa shape index (κ3) is 7.04. The topological polar surface area (TPSA) is 51.2 Å². The Labute approximate surface area is 194 Å². The summed E-state index contributed by atoms with van der Waals surface area (Å²) in [5.74, 6) is -0.0723. The third-order valence-electron chi connectivity index (χ3n) is 5.64. The van der Waals surface area contributed by atoms with Gasteiger partial charge < -0.3 is 15.1 Å². The quantitative estimate of drug-likeness (QED) is 0.358. The smallest absolute Gasteiger partial charge is 0.236 e. The molecule has 1 amide bonds. The Balaban J connectivity index is 0.00000320. The highest BCUT2D eigenvalue weighted by molar-refractivity contribution is 14.0. The number of piperidine rings is 1. The molecule has 3 rings (SSSR count). The molecule has 0 atom stereocenters. The van der Waals surface area contributed by atoms with Crippen molar-refractivity contribution in [1.82, 2.24) is 20.0 Å². The molecule has 30 heavy (non-hydrogen) atoms. The molecule has 9 heteroatoms. The van der Waals surface area contributed by atoms with E-state index >= 15 is 0 Å². The van der Waals surface area contributed by atoms with Gasteiger partial charge in [-0.3, -0.25) is 14.7 Å². The highest BCUT2D eigenvalue weighted by Gasteiger charge is 2.24. The van der Waals surface area contributed by atoms with Crippen LogP contribution in [0.2, 0.25) is 0 Å². The van der Waals surface area contributed by atoms with Crippen LogP contribution in [0.5, 0.6) is 0 Å². The van der Waals surface area contributed by atoms with Gasteiger partial charge in [-0.15, -0.1) is 24.0 Å². The monoisotopic (exact) mass is 535 g/mol. The standard InChI is InChI=1S/C21H31F2N5O.HI/c1-24-21(25-8-7-17-5-6-18(22)15-19(17)23)28-13-11-26(12-14-28)16-20(29)27-9-3-2-4-10-27;/h5-6,15H,2-4,7-14,16H2,1H3,(H,24,25);1H. The van der Waals surface area contributed by atoms with Crippen LogP contribution in [0.25, 0.3) is 0 Å². The van der Waals surface area contributed by atoms with Crippen molar-refractivity contribution in [3.8, 4) is 0 Å². The molecule has 1 aromatic carbocycles. The van der Waals surface area contributed by atoms with Gasteiger partial charge in [-0.2, -0.15) is 0 Å². The van der Waals surface area contributed by atoms with Crippen molar-refractivity contribution < 1.29 is 13.6 Å². The maximum Gasteiger partial charge on any atom is 0.236 e. The van der Waals surface area contributed by atoms with Gasteiger partial charge in [0.1, 0.15) is 11.6 Å². The van der Waals surface area contributed by atoms with E-state index in [-0.39, 0.29) is 29.9 Å². The first-order chi connectivity index (χ1) is 14.1. The number of benzene rings is 1. The Morgan fingerprint density at radius 1 is 1.03 bits per heavy atom. The summed E-state index contributed by atoms with van der Waals surface area (Å²) in [6, 6.07) is 3.67. The minimum atomic E-state index is -0.563. The molecule has 0 saturated carbocycles. The van der Waals surface area contributed by atoms with Gasteiger partial charge in [-0.1, -0.05) is 6.07 Å². The van der Waals surface area contributed by atoms with Crippen molar-refractivity contribution in [2.24, 2.45) is 4.99 Å². The van der Waals surface area contributed by atoms with E-state index < -0.39 is 11.6 Å². The maximum atomic E-state index is 13.7. The lowest BCUT2D eigenvalue weighted by atomic mass is 10.1. The number of rotatable bonds is 5. The zero-order valence-electron chi connectivity index (χ0n) is 17.6. The second-order valence-electron chi connectivity index (χ2n) is 7.66. The molecule has 0 radical (unpaired) electrons. The van der Waals surface area contributed by atoms with Crippen LogP contribution in [0.4, 0.5) is 8.78 Å². The van der Waals surface area contributed by atoms with E-state index in [9.17, 15) is 13.6 Å². The van der Waals surface area contributed by atoms with Gasteiger partial charge >= 0.3 is 0 Å². The van der Waals surface area contributed by atoms with E-state index in [2.05, 4.69) is 20.1 Å². The summed E-state index contributed by atoms with van der Waals surface area (Å²) in [6.07, 6.45) is 3.91. The second-order valence-corrected chi connectivity index (χ2v) is 7.66. The summed E-state index contributed by atoms with van der Waals surface area (Å²) in [5, 5.41) is 3.26. The van der Waals surface area contributed by atoms with Crippen molar-refractivity contribution in [2.45, 2.75) is 25.7 Å². The first-order valence-electron chi connectivity index (χ1n) is 10.5. The van der Waals surface area contributed by atoms with Crippen LogP contribution in [0.3, 0.4) is 0 Å². The van der Waals surface area contributed by atoms with Crippen molar-refractivity contribution in [3.63, 3.8) is 0 Å². The molecule has 0 aromatic heterocycles. The summed E-state index contributed by atoms with van der Waals surface area (Å²) in [7, 11) is 1.73. The molecule has 1 aromatic rings. The first-order valence-corrected chi connectivity index (χ1v) is 10.5. The van der Waals surface area contributed by atoms with Crippen molar-refractivity contribution >= 4 is 35.8 Å². The van der Waals surface area contributed by atoms with Gasteiger partial charge in [0, 0.05) is 58.9 Å². The number of nitrogens with zero attached hydrogens (tertiary/aromatic N) is 4. The highest BCUT2D eigenvalue weighted by Crippen LogP contribution is 2.11. The van der Waals surface area contributed by atoms with E-state index in [4.69, 9.17) is 0 Å². The number of aliphatic imine (C=N–C) groups is 1. The van der Waals surface area contributed by atoms with Gasteiger partial charge in [-0.05, 0) is 37.3 Å². The summed E-state index contributed by atoms with van der Waals surface area (Å²) in [6.45, 7) is 6.00. The number of carbonyl (C=O) groups is 1. The van der Waals surface area contributed by atoms with Crippen molar-refractivity contribution in [1.29, 1.82) is 0 Å². The number of nitrogens with one attached hydrogen (secondary N) is 1. The normalized spacial score (nSPS) is 18.2. The fraction of sp³-hybridized carbons (Fsp3) is 0.619. The van der Waals surface area contributed by atoms with E-state index in [0.29, 0.717) is 25.1 Å². The van der Waals surface area contributed by atoms with Gasteiger partial charge in [-0.25, -0.2) is 8.78 Å². The molecular formula is C21H32F2IN5O. The first kappa shape index (κ1) is 24.8. The van der Waals surface area contributed by atoms with Crippen LogP contribution in [0, 0.1) is 11.6 Å². The minimum Gasteiger partial charge on any atom is -0.356 e. The van der Waals surface area contributed by atoms with E-state index in [1.807, 2.05) is 4.90 Å². The number of hydrogen-bond acceptors (Lipinski definition) is 3. The lowest BCUT2D eigenvalue weighted by Gasteiger charge is -2.37. The Hall–Kier alpha value is -1.49. The fourth-order valence-corrected chi connectivity index (χ4v) is 3.92. The Morgan fingerprint density at radius 3 is 2.37 bits per heavy atom. The third-order valence-corrected chi connectivity index (χ3v) is 5.64.